The van der Waals surface area contributed by atoms with Crippen LogP contribution in [0.1, 0.15) is 38.2 Å². The topological polar surface area (TPSA) is 67.6 Å². The Morgan fingerprint density at radius 3 is 2.82 bits per heavy atom. The predicted molar refractivity (Wildman–Crippen MR) is 130 cm³/mol. The van der Waals surface area contributed by atoms with E-state index in [2.05, 4.69) is 27.3 Å². The van der Waals surface area contributed by atoms with E-state index in [1.807, 2.05) is 36.6 Å². The number of furan rings is 1. The standard InChI is InChI=1S/C26H27N3O3S/c1-16(30)27-18-12-19-6-7-20(13-18)29(19)11-10-17-15-31-24-14-21(8-9-22(17)24)32-26-28-23-4-2-3-5-25(23)33-26/h2-5,8-9,14-15,18-20H,6-7,10-13H2,1H3,(H,27,30). The van der Waals surface area contributed by atoms with Crippen molar-refractivity contribution in [3.63, 3.8) is 0 Å². The molecule has 2 aromatic carbocycles. The average molecular weight is 462 g/mol. The minimum absolute atomic E-state index is 0.0872. The zero-order valence-electron chi connectivity index (χ0n) is 18.6. The Morgan fingerprint density at radius 1 is 1.21 bits per heavy atom. The number of piperidine rings is 1. The molecule has 0 saturated carbocycles. The maximum absolute atomic E-state index is 11.5. The van der Waals surface area contributed by atoms with Gasteiger partial charge in [-0.2, -0.15) is 0 Å². The van der Waals surface area contributed by atoms with Crippen LogP contribution in [0.5, 0.6) is 10.9 Å². The second kappa shape index (κ2) is 8.47. The van der Waals surface area contributed by atoms with Crippen LogP contribution in [0.3, 0.4) is 0 Å². The summed E-state index contributed by atoms with van der Waals surface area (Å²) in [5.41, 5.74) is 3.03. The van der Waals surface area contributed by atoms with Gasteiger partial charge in [0.25, 0.3) is 5.19 Å². The van der Waals surface area contributed by atoms with Crippen molar-refractivity contribution in [3.05, 3.63) is 54.3 Å². The van der Waals surface area contributed by atoms with E-state index in [0.29, 0.717) is 23.3 Å². The minimum atomic E-state index is 0.0872. The highest BCUT2D eigenvalue weighted by atomic mass is 32.1. The van der Waals surface area contributed by atoms with Crippen LogP contribution in [-0.2, 0) is 11.2 Å². The first-order chi connectivity index (χ1) is 16.1. The molecule has 2 aromatic heterocycles. The summed E-state index contributed by atoms with van der Waals surface area (Å²) < 4.78 is 13.0. The number of hydrogen-bond donors (Lipinski definition) is 1. The van der Waals surface area contributed by atoms with Gasteiger partial charge in [-0.25, -0.2) is 4.98 Å². The van der Waals surface area contributed by atoms with Crippen molar-refractivity contribution in [2.24, 2.45) is 0 Å². The third kappa shape index (κ3) is 4.11. The van der Waals surface area contributed by atoms with Gasteiger partial charge in [0, 0.05) is 43.0 Å². The highest BCUT2D eigenvalue weighted by Crippen LogP contribution is 2.37. The van der Waals surface area contributed by atoms with Crippen molar-refractivity contribution in [1.82, 2.24) is 15.2 Å². The van der Waals surface area contributed by atoms with Gasteiger partial charge < -0.3 is 14.5 Å². The Balaban J connectivity index is 1.13. The average Bonchev–Trinajstić information content (AvgIpc) is 3.45. The number of nitrogens with one attached hydrogen (secondary N) is 1. The number of benzene rings is 2. The molecule has 170 valence electrons. The van der Waals surface area contributed by atoms with E-state index in [1.165, 1.54) is 18.4 Å². The third-order valence-electron chi connectivity index (χ3n) is 7.04. The third-order valence-corrected chi connectivity index (χ3v) is 7.95. The summed E-state index contributed by atoms with van der Waals surface area (Å²) in [6.07, 6.45) is 7.45. The Bertz CT molecular complexity index is 1270. The van der Waals surface area contributed by atoms with E-state index < -0.39 is 0 Å². The van der Waals surface area contributed by atoms with Gasteiger partial charge in [0.2, 0.25) is 5.91 Å². The molecule has 1 N–H and O–H groups in total. The smallest absolute Gasteiger partial charge is 0.279 e. The first-order valence-electron chi connectivity index (χ1n) is 11.7. The summed E-state index contributed by atoms with van der Waals surface area (Å²) in [6, 6.07) is 15.6. The van der Waals surface area contributed by atoms with Crippen molar-refractivity contribution in [3.8, 4) is 10.9 Å². The highest BCUT2D eigenvalue weighted by molar-refractivity contribution is 7.20. The molecule has 4 heterocycles. The summed E-state index contributed by atoms with van der Waals surface area (Å²) in [6.45, 7) is 2.65. The number of nitrogens with zero attached hydrogens (tertiary/aromatic N) is 2. The van der Waals surface area contributed by atoms with Gasteiger partial charge in [-0.1, -0.05) is 23.5 Å². The first-order valence-corrected chi connectivity index (χ1v) is 12.5. The molecule has 1 amide bonds. The molecule has 6 rings (SSSR count). The molecule has 2 aliphatic heterocycles. The minimum Gasteiger partial charge on any atom is -0.464 e. The van der Waals surface area contributed by atoms with Crippen LogP contribution in [0.4, 0.5) is 0 Å². The fraction of sp³-hybridized carbons (Fsp3) is 0.385. The van der Waals surface area contributed by atoms with Crippen LogP contribution in [0, 0.1) is 0 Å². The van der Waals surface area contributed by atoms with Gasteiger partial charge in [-0.05, 0) is 61.9 Å². The molecule has 2 atom stereocenters. The Hall–Kier alpha value is -2.90. The highest BCUT2D eigenvalue weighted by Gasteiger charge is 2.40. The Morgan fingerprint density at radius 2 is 2.03 bits per heavy atom. The van der Waals surface area contributed by atoms with Crippen LogP contribution in [0.25, 0.3) is 21.2 Å². The van der Waals surface area contributed by atoms with Crippen LogP contribution in [0.2, 0.25) is 0 Å². The number of thiazole rings is 1. The van der Waals surface area contributed by atoms with Crippen LogP contribution < -0.4 is 10.1 Å². The van der Waals surface area contributed by atoms with Crippen LogP contribution in [0.15, 0.2) is 53.1 Å². The monoisotopic (exact) mass is 461 g/mol. The lowest BCUT2D eigenvalue weighted by Crippen LogP contribution is -2.50. The van der Waals surface area contributed by atoms with Crippen LogP contribution in [-0.4, -0.2) is 40.5 Å². The molecule has 0 spiro atoms. The molecule has 2 aliphatic rings. The molecule has 2 unspecified atom stereocenters. The van der Waals surface area contributed by atoms with E-state index in [4.69, 9.17) is 9.15 Å². The summed E-state index contributed by atoms with van der Waals surface area (Å²) >= 11 is 1.54. The number of hydrogen-bond acceptors (Lipinski definition) is 6. The zero-order chi connectivity index (χ0) is 22.4. The molecule has 4 aromatic rings. The largest absolute Gasteiger partial charge is 0.464 e. The summed E-state index contributed by atoms with van der Waals surface area (Å²) in [4.78, 5) is 18.7. The number of aromatic nitrogens is 1. The summed E-state index contributed by atoms with van der Waals surface area (Å²) in [5.74, 6) is 0.824. The van der Waals surface area contributed by atoms with Gasteiger partial charge >= 0.3 is 0 Å². The maximum Gasteiger partial charge on any atom is 0.279 e. The summed E-state index contributed by atoms with van der Waals surface area (Å²) in [7, 11) is 0. The quantitative estimate of drug-likeness (QED) is 0.410. The Kier molecular flexibility index (Phi) is 5.31. The molecule has 2 bridgehead atoms. The SMILES string of the molecule is CC(=O)NC1CC2CCC(C1)N2CCc1coc2cc(Oc3nc4ccccc4s3)ccc12. The fourth-order valence-corrected chi connectivity index (χ4v) is 6.45. The second-order valence-corrected chi connectivity index (χ2v) is 10.2. The lowest BCUT2D eigenvalue weighted by Gasteiger charge is -2.39. The lowest BCUT2D eigenvalue weighted by atomic mass is 9.96. The molecule has 7 heteroatoms. The molecule has 0 radical (unpaired) electrons. The number of para-hydroxylation sites is 1. The van der Waals surface area contributed by atoms with Gasteiger partial charge in [0.1, 0.15) is 11.3 Å². The number of amides is 1. The van der Waals surface area contributed by atoms with Crippen molar-refractivity contribution < 1.29 is 13.9 Å². The summed E-state index contributed by atoms with van der Waals surface area (Å²) in [5, 5.41) is 4.92. The lowest BCUT2D eigenvalue weighted by molar-refractivity contribution is -0.120. The van der Waals surface area contributed by atoms with Crippen LogP contribution >= 0.6 is 11.3 Å². The normalized spacial score (nSPS) is 22.8. The molecule has 2 fully saturated rings. The molecule has 0 aliphatic carbocycles. The van der Waals surface area contributed by atoms with Crippen molar-refractivity contribution >= 4 is 38.4 Å². The van der Waals surface area contributed by atoms with E-state index in [0.717, 1.165) is 52.7 Å². The number of carbonyl (C=O) groups is 1. The van der Waals surface area contributed by atoms with Gasteiger partial charge in [0.15, 0.2) is 0 Å². The van der Waals surface area contributed by atoms with Crippen molar-refractivity contribution in [1.29, 1.82) is 0 Å². The number of rotatable bonds is 6. The fourth-order valence-electron chi connectivity index (χ4n) is 5.61. The van der Waals surface area contributed by atoms with E-state index in [-0.39, 0.29) is 5.91 Å². The number of ether oxygens (including phenoxy) is 1. The molecule has 6 nitrogen and oxygen atoms in total. The first kappa shape index (κ1) is 20.7. The van der Waals surface area contributed by atoms with Crippen molar-refractivity contribution in [2.75, 3.05) is 6.54 Å². The molecule has 33 heavy (non-hydrogen) atoms. The van der Waals surface area contributed by atoms with Gasteiger partial charge in [0.05, 0.1) is 16.5 Å². The number of carbonyl (C=O) groups excluding carboxylic acids is 1. The van der Waals surface area contributed by atoms with Gasteiger partial charge in [-0.15, -0.1) is 0 Å². The Labute approximate surface area is 196 Å². The second-order valence-electron chi connectivity index (χ2n) is 9.21. The molecular formula is C26H27N3O3S. The maximum atomic E-state index is 11.5. The predicted octanol–water partition coefficient (Wildman–Crippen LogP) is 5.51. The van der Waals surface area contributed by atoms with E-state index in [9.17, 15) is 4.79 Å². The van der Waals surface area contributed by atoms with E-state index in [1.54, 1.807) is 18.3 Å². The molecular weight excluding hydrogens is 434 g/mol. The zero-order valence-corrected chi connectivity index (χ0v) is 19.4. The van der Waals surface area contributed by atoms with E-state index >= 15 is 0 Å². The van der Waals surface area contributed by atoms with Gasteiger partial charge in [-0.3, -0.25) is 9.69 Å². The van der Waals surface area contributed by atoms with Crippen molar-refractivity contribution in [2.45, 2.75) is 57.2 Å². The number of fused-ring (bicyclic) bond motifs is 4. The molecule has 2 saturated heterocycles.